The highest BCUT2D eigenvalue weighted by atomic mass is 16.4. The second kappa shape index (κ2) is 9.81. The average molecular weight is 348 g/mol. The maximum atomic E-state index is 12.2. The van der Waals surface area contributed by atoms with E-state index in [0.29, 0.717) is 6.42 Å². The Kier molecular flexibility index (Phi) is 8.11. The molecule has 0 saturated carbocycles. The molecule has 2 amide bonds. The van der Waals surface area contributed by atoms with E-state index in [1.807, 2.05) is 45.0 Å². The number of rotatable bonds is 9. The number of carbonyl (C=O) groups excluding carboxylic acids is 2. The molecule has 1 rings (SSSR count). The number of aliphatic carboxylic acids is 1. The minimum Gasteiger partial charge on any atom is -0.481 e. The molecule has 0 spiro atoms. The molecule has 0 aliphatic heterocycles. The summed E-state index contributed by atoms with van der Waals surface area (Å²) in [7, 11) is 0. The Bertz CT molecular complexity index is 596. The molecule has 0 aliphatic rings. The number of benzene rings is 1. The van der Waals surface area contributed by atoms with E-state index < -0.39 is 17.9 Å². The lowest BCUT2D eigenvalue weighted by atomic mass is 9.97. The zero-order valence-electron chi connectivity index (χ0n) is 15.3. The molecule has 2 atom stereocenters. The normalized spacial score (nSPS) is 13.2. The molecule has 1 aromatic rings. The van der Waals surface area contributed by atoms with Gasteiger partial charge in [0.1, 0.15) is 0 Å². The zero-order chi connectivity index (χ0) is 19.0. The van der Waals surface area contributed by atoms with Crippen LogP contribution in [0, 0.1) is 18.8 Å². The molecule has 0 radical (unpaired) electrons. The highest BCUT2D eigenvalue weighted by Gasteiger charge is 2.21. The molecule has 0 fully saturated rings. The van der Waals surface area contributed by atoms with E-state index in [0.717, 1.165) is 11.1 Å². The SMILES string of the molecule is CC(=O)NC(CC(=O)NCC(CC(C)C)C(=O)O)c1ccc(C)cc1. The monoisotopic (exact) mass is 348 g/mol. The van der Waals surface area contributed by atoms with Crippen LogP contribution >= 0.6 is 0 Å². The summed E-state index contributed by atoms with van der Waals surface area (Å²) in [6.07, 6.45) is 0.569. The van der Waals surface area contributed by atoms with Gasteiger partial charge in [0.05, 0.1) is 18.4 Å². The Morgan fingerprint density at radius 3 is 2.20 bits per heavy atom. The van der Waals surface area contributed by atoms with Crippen molar-refractivity contribution < 1.29 is 19.5 Å². The Hall–Kier alpha value is -2.37. The van der Waals surface area contributed by atoms with Gasteiger partial charge in [0, 0.05) is 13.5 Å². The van der Waals surface area contributed by atoms with Gasteiger partial charge in [-0.15, -0.1) is 0 Å². The predicted octanol–water partition coefficient (Wildman–Crippen LogP) is 2.43. The highest BCUT2D eigenvalue weighted by Crippen LogP contribution is 2.18. The van der Waals surface area contributed by atoms with Crippen LogP contribution in [0.2, 0.25) is 0 Å². The van der Waals surface area contributed by atoms with Crippen molar-refractivity contribution in [1.29, 1.82) is 0 Å². The van der Waals surface area contributed by atoms with Gasteiger partial charge in [-0.3, -0.25) is 14.4 Å². The second-order valence-electron chi connectivity index (χ2n) is 6.84. The first-order valence-corrected chi connectivity index (χ1v) is 8.52. The zero-order valence-corrected chi connectivity index (χ0v) is 15.3. The van der Waals surface area contributed by atoms with Crippen LogP contribution in [0.3, 0.4) is 0 Å². The van der Waals surface area contributed by atoms with Gasteiger partial charge >= 0.3 is 5.97 Å². The highest BCUT2D eigenvalue weighted by molar-refractivity contribution is 5.79. The predicted molar refractivity (Wildman–Crippen MR) is 95.9 cm³/mol. The van der Waals surface area contributed by atoms with Gasteiger partial charge in [-0.25, -0.2) is 0 Å². The Labute approximate surface area is 149 Å². The maximum Gasteiger partial charge on any atom is 0.308 e. The van der Waals surface area contributed by atoms with Crippen LogP contribution < -0.4 is 10.6 Å². The van der Waals surface area contributed by atoms with Crippen LogP contribution in [-0.2, 0) is 14.4 Å². The van der Waals surface area contributed by atoms with Crippen molar-refractivity contribution in [2.45, 2.75) is 46.6 Å². The van der Waals surface area contributed by atoms with Crippen molar-refractivity contribution in [2.75, 3.05) is 6.54 Å². The van der Waals surface area contributed by atoms with Crippen molar-refractivity contribution in [3.05, 3.63) is 35.4 Å². The third-order valence-corrected chi connectivity index (χ3v) is 3.90. The summed E-state index contributed by atoms with van der Waals surface area (Å²) in [6, 6.07) is 7.16. The third-order valence-electron chi connectivity index (χ3n) is 3.90. The lowest BCUT2D eigenvalue weighted by molar-refractivity contribution is -0.142. The summed E-state index contributed by atoms with van der Waals surface area (Å²) in [5, 5.41) is 14.7. The van der Waals surface area contributed by atoms with Crippen LogP contribution in [-0.4, -0.2) is 29.4 Å². The van der Waals surface area contributed by atoms with E-state index in [9.17, 15) is 19.5 Å². The van der Waals surface area contributed by atoms with Gasteiger partial charge in [0.25, 0.3) is 0 Å². The molecule has 0 saturated heterocycles. The number of hydrogen-bond donors (Lipinski definition) is 3. The first-order valence-electron chi connectivity index (χ1n) is 8.52. The van der Waals surface area contributed by atoms with Crippen LogP contribution in [0.4, 0.5) is 0 Å². The van der Waals surface area contributed by atoms with E-state index in [1.165, 1.54) is 6.92 Å². The number of carbonyl (C=O) groups is 3. The van der Waals surface area contributed by atoms with Crippen molar-refractivity contribution in [1.82, 2.24) is 10.6 Å². The molecule has 1 aromatic carbocycles. The number of hydrogen-bond acceptors (Lipinski definition) is 3. The molecule has 25 heavy (non-hydrogen) atoms. The number of carboxylic acids is 1. The lowest BCUT2D eigenvalue weighted by Crippen LogP contribution is -2.36. The van der Waals surface area contributed by atoms with Gasteiger partial charge in [0.15, 0.2) is 0 Å². The Morgan fingerprint density at radius 2 is 1.72 bits per heavy atom. The van der Waals surface area contributed by atoms with Crippen molar-refractivity contribution in [3.8, 4) is 0 Å². The van der Waals surface area contributed by atoms with E-state index in [4.69, 9.17) is 0 Å². The molecular formula is C19H28N2O4. The number of aryl methyl sites for hydroxylation is 1. The molecule has 6 nitrogen and oxygen atoms in total. The van der Waals surface area contributed by atoms with Crippen molar-refractivity contribution in [2.24, 2.45) is 11.8 Å². The molecular weight excluding hydrogens is 320 g/mol. The Morgan fingerprint density at radius 1 is 1.12 bits per heavy atom. The van der Waals surface area contributed by atoms with Crippen molar-refractivity contribution >= 4 is 17.8 Å². The molecule has 6 heteroatoms. The summed E-state index contributed by atoms with van der Waals surface area (Å²) in [4.78, 5) is 34.9. The summed E-state index contributed by atoms with van der Waals surface area (Å²) < 4.78 is 0. The van der Waals surface area contributed by atoms with Gasteiger partial charge in [-0.1, -0.05) is 43.7 Å². The van der Waals surface area contributed by atoms with Gasteiger partial charge in [0.2, 0.25) is 11.8 Å². The first-order chi connectivity index (χ1) is 11.7. The van der Waals surface area contributed by atoms with Crippen LogP contribution in [0.25, 0.3) is 0 Å². The number of nitrogens with one attached hydrogen (secondary N) is 2. The number of amides is 2. The smallest absolute Gasteiger partial charge is 0.308 e. The van der Waals surface area contributed by atoms with E-state index in [2.05, 4.69) is 10.6 Å². The molecule has 2 unspecified atom stereocenters. The number of carboxylic acid groups (broad SMARTS) is 1. The topological polar surface area (TPSA) is 95.5 Å². The fraction of sp³-hybridized carbons (Fsp3) is 0.526. The summed E-state index contributed by atoms with van der Waals surface area (Å²) in [5.74, 6) is -1.79. The quantitative estimate of drug-likeness (QED) is 0.639. The molecule has 0 aliphatic carbocycles. The van der Waals surface area contributed by atoms with Crippen LogP contribution in [0.15, 0.2) is 24.3 Å². The average Bonchev–Trinajstić information content (AvgIpc) is 2.50. The third kappa shape index (κ3) is 7.83. The fourth-order valence-corrected chi connectivity index (χ4v) is 2.63. The molecule has 3 N–H and O–H groups in total. The van der Waals surface area contributed by atoms with E-state index >= 15 is 0 Å². The van der Waals surface area contributed by atoms with Gasteiger partial charge in [-0.05, 0) is 24.8 Å². The van der Waals surface area contributed by atoms with Gasteiger partial charge in [-0.2, -0.15) is 0 Å². The van der Waals surface area contributed by atoms with Crippen LogP contribution in [0.1, 0.15) is 50.8 Å². The summed E-state index contributed by atoms with van der Waals surface area (Å²) >= 11 is 0. The van der Waals surface area contributed by atoms with Gasteiger partial charge < -0.3 is 15.7 Å². The molecule has 0 heterocycles. The standard InChI is InChI=1S/C19H28N2O4/c1-12(2)9-16(19(24)25)11-20-18(23)10-17(21-14(4)22)15-7-5-13(3)6-8-15/h5-8,12,16-17H,9-11H2,1-4H3,(H,20,23)(H,21,22)(H,24,25). The fourth-order valence-electron chi connectivity index (χ4n) is 2.63. The van der Waals surface area contributed by atoms with Crippen molar-refractivity contribution in [3.63, 3.8) is 0 Å². The summed E-state index contributed by atoms with van der Waals surface area (Å²) in [6.45, 7) is 7.35. The summed E-state index contributed by atoms with van der Waals surface area (Å²) in [5.41, 5.74) is 1.93. The minimum atomic E-state index is -0.911. The second-order valence-corrected chi connectivity index (χ2v) is 6.84. The Balaban J connectivity index is 2.69. The molecule has 138 valence electrons. The lowest BCUT2D eigenvalue weighted by Gasteiger charge is -2.20. The van der Waals surface area contributed by atoms with Crippen LogP contribution in [0.5, 0.6) is 0 Å². The molecule has 0 aromatic heterocycles. The maximum absolute atomic E-state index is 12.2. The first kappa shape index (κ1) is 20.7. The van der Waals surface area contributed by atoms with E-state index in [-0.39, 0.29) is 30.7 Å². The largest absolute Gasteiger partial charge is 0.481 e. The van der Waals surface area contributed by atoms with E-state index in [1.54, 1.807) is 0 Å². The minimum absolute atomic E-state index is 0.0661. The molecule has 0 bridgehead atoms.